The first-order chi connectivity index (χ1) is 25.1. The minimum Gasteiger partial charge on any atom is -0.756 e. The van der Waals surface area contributed by atoms with Crippen LogP contribution in [-0.4, -0.2) is 70.7 Å². The van der Waals surface area contributed by atoms with E-state index < -0.39 is 19.9 Å². The molecule has 8 nitrogen and oxygen atoms in total. The van der Waals surface area contributed by atoms with Crippen LogP contribution in [0.1, 0.15) is 136 Å². The molecular formula is C43H76NO7P. The summed E-state index contributed by atoms with van der Waals surface area (Å²) in [4.78, 5) is 24.9. The number of unbranched alkanes of at least 4 members (excludes halogenated alkanes) is 10. The van der Waals surface area contributed by atoms with E-state index in [-0.39, 0.29) is 26.2 Å². The highest BCUT2D eigenvalue weighted by molar-refractivity contribution is 7.45. The predicted molar refractivity (Wildman–Crippen MR) is 217 cm³/mol. The van der Waals surface area contributed by atoms with E-state index >= 15 is 0 Å². The van der Waals surface area contributed by atoms with Crippen LogP contribution in [-0.2, 0) is 27.9 Å². The van der Waals surface area contributed by atoms with Gasteiger partial charge in [-0.25, -0.2) is 0 Å². The maximum atomic E-state index is 12.6. The Balaban J connectivity index is 4.40. The topological polar surface area (TPSA) is 94.1 Å². The minimum absolute atomic E-state index is 0.00765. The molecule has 0 amide bonds. The van der Waals surface area contributed by atoms with E-state index in [1.807, 2.05) is 33.3 Å². The van der Waals surface area contributed by atoms with Crippen LogP contribution in [0.15, 0.2) is 72.9 Å². The van der Waals surface area contributed by atoms with E-state index in [9.17, 15) is 14.3 Å². The van der Waals surface area contributed by atoms with Crippen LogP contribution < -0.4 is 4.89 Å². The Morgan fingerprint density at radius 1 is 0.615 bits per heavy atom. The zero-order valence-corrected chi connectivity index (χ0v) is 34.6. The third-order valence-electron chi connectivity index (χ3n) is 8.01. The molecule has 0 aromatic rings. The predicted octanol–water partition coefficient (Wildman–Crippen LogP) is 10.9. The van der Waals surface area contributed by atoms with Crippen molar-refractivity contribution >= 4 is 13.8 Å². The second-order valence-electron chi connectivity index (χ2n) is 14.3. The lowest BCUT2D eigenvalue weighted by atomic mass is 10.1. The fourth-order valence-corrected chi connectivity index (χ4v) is 5.61. The number of hydrogen-bond acceptors (Lipinski definition) is 7. The Labute approximate surface area is 319 Å². The maximum Gasteiger partial charge on any atom is 0.306 e. The number of rotatable bonds is 36. The van der Waals surface area contributed by atoms with Crippen molar-refractivity contribution in [2.24, 2.45) is 0 Å². The summed E-state index contributed by atoms with van der Waals surface area (Å²) in [5.41, 5.74) is 0. The molecular weight excluding hydrogens is 673 g/mol. The molecule has 0 aliphatic heterocycles. The SMILES string of the molecule is CC/C=C\C/C=C\C/C=C\C/C=C\CCC(=O)OC(COCCCCCCCC/C=C\C/C=C\CCCCCC)COP(=O)([O-])OCC[N+](C)(C)C. The summed E-state index contributed by atoms with van der Waals surface area (Å²) in [7, 11) is 1.29. The molecule has 0 saturated carbocycles. The zero-order valence-electron chi connectivity index (χ0n) is 33.7. The molecule has 52 heavy (non-hydrogen) atoms. The largest absolute Gasteiger partial charge is 0.756 e. The highest BCUT2D eigenvalue weighted by atomic mass is 31.2. The Hall–Kier alpha value is -2.06. The molecule has 0 saturated heterocycles. The van der Waals surface area contributed by atoms with E-state index in [0.29, 0.717) is 24.1 Å². The van der Waals surface area contributed by atoms with Gasteiger partial charge in [-0.05, 0) is 70.6 Å². The molecule has 0 N–H and O–H groups in total. The first-order valence-corrected chi connectivity index (χ1v) is 21.6. The number of phosphoric ester groups is 1. The number of carbonyl (C=O) groups excluding carboxylic acids is 1. The number of hydrogen-bond donors (Lipinski definition) is 0. The molecule has 300 valence electrons. The Bertz CT molecular complexity index is 1060. The molecule has 0 bridgehead atoms. The van der Waals surface area contributed by atoms with Gasteiger partial charge in [0.05, 0.1) is 34.4 Å². The van der Waals surface area contributed by atoms with Crippen LogP contribution in [0, 0.1) is 0 Å². The van der Waals surface area contributed by atoms with Gasteiger partial charge >= 0.3 is 5.97 Å². The second kappa shape index (κ2) is 35.9. The molecule has 0 aromatic carbocycles. The van der Waals surface area contributed by atoms with Crippen LogP contribution in [0.3, 0.4) is 0 Å². The van der Waals surface area contributed by atoms with E-state index in [0.717, 1.165) is 57.8 Å². The normalized spacial score (nSPS) is 14.7. The summed E-state index contributed by atoms with van der Waals surface area (Å²) >= 11 is 0. The van der Waals surface area contributed by atoms with E-state index in [1.54, 1.807) is 0 Å². The summed E-state index contributed by atoms with van der Waals surface area (Å²) in [6, 6.07) is 0. The van der Waals surface area contributed by atoms with Gasteiger partial charge in [0, 0.05) is 13.0 Å². The molecule has 0 radical (unpaired) electrons. The second-order valence-corrected chi connectivity index (χ2v) is 15.7. The third kappa shape index (κ3) is 39.2. The Morgan fingerprint density at radius 2 is 1.12 bits per heavy atom. The summed E-state index contributed by atoms with van der Waals surface area (Å²) in [6.45, 7) is 5.12. The first-order valence-electron chi connectivity index (χ1n) is 20.2. The Kier molecular flexibility index (Phi) is 34.5. The Morgan fingerprint density at radius 3 is 1.67 bits per heavy atom. The monoisotopic (exact) mass is 750 g/mol. The smallest absolute Gasteiger partial charge is 0.306 e. The summed E-state index contributed by atoms with van der Waals surface area (Å²) in [5, 5.41) is 0. The number of nitrogens with zero attached hydrogens (tertiary/aromatic N) is 1. The van der Waals surface area contributed by atoms with Crippen molar-refractivity contribution in [3.8, 4) is 0 Å². The van der Waals surface area contributed by atoms with Gasteiger partial charge in [-0.3, -0.25) is 9.36 Å². The number of allylic oxidation sites excluding steroid dienone is 12. The fourth-order valence-electron chi connectivity index (χ4n) is 4.88. The molecule has 0 aromatic heterocycles. The molecule has 0 aliphatic rings. The van der Waals surface area contributed by atoms with E-state index in [2.05, 4.69) is 74.6 Å². The number of esters is 1. The number of carbonyl (C=O) groups is 1. The lowest BCUT2D eigenvalue weighted by Gasteiger charge is -2.28. The lowest BCUT2D eigenvalue weighted by molar-refractivity contribution is -0.870. The summed E-state index contributed by atoms with van der Waals surface area (Å²) in [5.74, 6) is -0.421. The zero-order chi connectivity index (χ0) is 38.4. The minimum atomic E-state index is -4.55. The van der Waals surface area contributed by atoms with Gasteiger partial charge in [0.25, 0.3) is 7.82 Å². The van der Waals surface area contributed by atoms with Gasteiger partial charge in [0.2, 0.25) is 0 Å². The molecule has 2 atom stereocenters. The number of likely N-dealkylation sites (N-methyl/N-ethyl adjacent to an activating group) is 1. The van der Waals surface area contributed by atoms with Gasteiger partial charge < -0.3 is 27.9 Å². The number of phosphoric acid groups is 1. The fraction of sp³-hybridized carbons (Fsp3) is 0.698. The van der Waals surface area contributed by atoms with Crippen LogP contribution >= 0.6 is 7.82 Å². The highest BCUT2D eigenvalue weighted by Crippen LogP contribution is 2.38. The number of quaternary nitrogens is 1. The summed E-state index contributed by atoms with van der Waals surface area (Å²) < 4.78 is 34.4. The highest BCUT2D eigenvalue weighted by Gasteiger charge is 2.20. The van der Waals surface area contributed by atoms with Crippen molar-refractivity contribution in [2.45, 2.75) is 142 Å². The van der Waals surface area contributed by atoms with E-state index in [1.165, 1.54) is 51.4 Å². The van der Waals surface area contributed by atoms with Crippen molar-refractivity contribution in [3.05, 3.63) is 72.9 Å². The van der Waals surface area contributed by atoms with Gasteiger partial charge in [0.1, 0.15) is 19.3 Å². The molecule has 0 aliphatic carbocycles. The van der Waals surface area contributed by atoms with Crippen molar-refractivity contribution in [3.63, 3.8) is 0 Å². The first kappa shape index (κ1) is 49.9. The van der Waals surface area contributed by atoms with Crippen molar-refractivity contribution < 1.29 is 37.3 Å². The van der Waals surface area contributed by atoms with Crippen molar-refractivity contribution in [1.29, 1.82) is 0 Å². The van der Waals surface area contributed by atoms with Crippen LogP contribution in [0.2, 0.25) is 0 Å². The van der Waals surface area contributed by atoms with Gasteiger partial charge in [-0.15, -0.1) is 0 Å². The maximum absolute atomic E-state index is 12.6. The van der Waals surface area contributed by atoms with Crippen LogP contribution in [0.4, 0.5) is 0 Å². The molecule has 0 rings (SSSR count). The molecule has 0 spiro atoms. The van der Waals surface area contributed by atoms with Crippen LogP contribution in [0.5, 0.6) is 0 Å². The molecule has 0 fully saturated rings. The van der Waals surface area contributed by atoms with Crippen molar-refractivity contribution in [2.75, 3.05) is 54.1 Å². The lowest BCUT2D eigenvalue weighted by Crippen LogP contribution is -2.37. The van der Waals surface area contributed by atoms with E-state index in [4.69, 9.17) is 18.5 Å². The number of ether oxygens (including phenoxy) is 2. The summed E-state index contributed by atoms with van der Waals surface area (Å²) in [6.07, 6.45) is 45.0. The molecule has 2 unspecified atom stereocenters. The van der Waals surface area contributed by atoms with Crippen LogP contribution in [0.25, 0.3) is 0 Å². The molecule has 9 heteroatoms. The molecule has 0 heterocycles. The third-order valence-corrected chi connectivity index (χ3v) is 8.97. The van der Waals surface area contributed by atoms with Gasteiger partial charge in [0.15, 0.2) is 0 Å². The standard InChI is InChI=1S/C43H76NO7P/c1-6-8-10-12-14-16-18-20-21-22-23-25-27-29-31-33-35-38-48-40-42(41-50-52(46,47)49-39-37-44(3,4)5)51-43(45)36-34-32-30-28-26-24-19-17-15-13-11-9-7-2/h9,11,15-18,21-22,24,26,30,32,42H,6-8,10,12-14,19-20,23,25,27-29,31,33-41H2,1-5H3/b11-9-,17-15-,18-16-,22-21-,26-24-,32-30-. The average molecular weight is 750 g/mol. The van der Waals surface area contributed by atoms with Gasteiger partial charge in [-0.1, -0.05) is 132 Å². The van der Waals surface area contributed by atoms with Gasteiger partial charge in [-0.2, -0.15) is 0 Å². The average Bonchev–Trinajstić information content (AvgIpc) is 3.09. The van der Waals surface area contributed by atoms with Crippen molar-refractivity contribution in [1.82, 2.24) is 0 Å². The quantitative estimate of drug-likeness (QED) is 0.0207.